The molecule has 0 unspecified atom stereocenters. The molecule has 6 nitrogen and oxygen atoms in total. The number of phenols is 1. The van der Waals surface area contributed by atoms with Crippen molar-refractivity contribution in [3.8, 4) is 5.75 Å². The second-order valence-corrected chi connectivity index (χ2v) is 8.07. The normalized spacial score (nSPS) is 12.0. The number of allylic oxidation sites excluding steroid dienone is 1. The lowest BCUT2D eigenvalue weighted by Crippen LogP contribution is -2.17. The number of hydrogen-bond acceptors (Lipinski definition) is 5. The number of nitrogens with one attached hydrogen (secondary N) is 1. The fourth-order valence-electron chi connectivity index (χ4n) is 2.04. The summed E-state index contributed by atoms with van der Waals surface area (Å²) >= 11 is 18.4. The molecule has 0 aliphatic heterocycles. The third-order valence-electron chi connectivity index (χ3n) is 3.39. The van der Waals surface area contributed by atoms with Crippen LogP contribution in [0.4, 0.5) is 0 Å². The van der Waals surface area contributed by atoms with Crippen molar-refractivity contribution in [3.05, 3.63) is 73.3 Å². The van der Waals surface area contributed by atoms with Gasteiger partial charge >= 0.3 is 5.91 Å². The summed E-state index contributed by atoms with van der Waals surface area (Å²) < 4.78 is 6.51. The Kier molecular flexibility index (Phi) is 8.18. The molecule has 148 valence electrons. The van der Waals surface area contributed by atoms with E-state index in [0.717, 1.165) is 0 Å². The highest BCUT2D eigenvalue weighted by molar-refractivity contribution is 9.11. The lowest BCUT2D eigenvalue weighted by atomic mass is 10.2. The first-order chi connectivity index (χ1) is 13.2. The first-order valence-electron chi connectivity index (χ1n) is 7.74. The van der Waals surface area contributed by atoms with E-state index >= 15 is 0 Å². The summed E-state index contributed by atoms with van der Waals surface area (Å²) in [6.07, 6.45) is 2.94. The quantitative estimate of drug-likeness (QED) is 0.256. The van der Waals surface area contributed by atoms with Crippen LogP contribution >= 0.6 is 55.1 Å². The number of nitrogens with zero attached hydrogens (tertiary/aromatic N) is 2. The van der Waals surface area contributed by atoms with Crippen molar-refractivity contribution < 1.29 is 14.3 Å². The third-order valence-corrected chi connectivity index (χ3v) is 5.37. The van der Waals surface area contributed by atoms with E-state index in [4.69, 9.17) is 27.6 Å². The molecule has 0 radical (unpaired) electrons. The molecule has 1 heterocycles. The summed E-state index contributed by atoms with van der Waals surface area (Å²) in [4.78, 5) is 13.8. The molecule has 1 aromatic carbocycles. The standard InChI is InChI=1S/C18H15Br2Cl2N3O3/c1-3-25(17(22)10(2)21)9-12-4-5-15(28-12)18(27)24-23-8-11-6-13(19)16(26)14(20)7-11/h3-8,26H,1,9H2,2H3,(H,24,27)/b17-10+,23-8+. The smallest absolute Gasteiger partial charge is 0.307 e. The first-order valence-corrected chi connectivity index (χ1v) is 10.1. The number of amides is 1. The Hall–Kier alpha value is -1.74. The molecule has 10 heteroatoms. The Bertz CT molecular complexity index is 930. The number of halogens is 4. The molecule has 0 saturated carbocycles. The summed E-state index contributed by atoms with van der Waals surface area (Å²) in [5, 5.41) is 14.3. The minimum absolute atomic E-state index is 0.0807. The largest absolute Gasteiger partial charge is 0.506 e. The van der Waals surface area contributed by atoms with Crippen LogP contribution in [0.1, 0.15) is 28.8 Å². The van der Waals surface area contributed by atoms with Gasteiger partial charge in [-0.05, 0) is 74.8 Å². The molecule has 2 N–H and O–H groups in total. The van der Waals surface area contributed by atoms with Gasteiger partial charge in [-0.1, -0.05) is 29.8 Å². The summed E-state index contributed by atoms with van der Waals surface area (Å²) in [6, 6.07) is 6.49. The van der Waals surface area contributed by atoms with Crippen LogP contribution < -0.4 is 5.43 Å². The maximum atomic E-state index is 12.2. The lowest BCUT2D eigenvalue weighted by molar-refractivity contribution is 0.0925. The van der Waals surface area contributed by atoms with Crippen LogP contribution in [-0.4, -0.2) is 22.1 Å². The van der Waals surface area contributed by atoms with Crippen LogP contribution in [0.3, 0.4) is 0 Å². The highest BCUT2D eigenvalue weighted by atomic mass is 79.9. The number of furan rings is 1. The van der Waals surface area contributed by atoms with Gasteiger partial charge in [0.15, 0.2) is 5.76 Å². The minimum Gasteiger partial charge on any atom is -0.506 e. The number of hydrazone groups is 1. The van der Waals surface area contributed by atoms with Gasteiger partial charge in [-0.3, -0.25) is 4.79 Å². The number of benzene rings is 1. The average Bonchev–Trinajstić information content (AvgIpc) is 3.12. The zero-order valence-corrected chi connectivity index (χ0v) is 19.2. The molecule has 2 rings (SSSR count). The maximum absolute atomic E-state index is 12.2. The van der Waals surface area contributed by atoms with E-state index in [0.29, 0.717) is 30.5 Å². The predicted octanol–water partition coefficient (Wildman–Crippen LogP) is 5.89. The second-order valence-electron chi connectivity index (χ2n) is 5.43. The highest BCUT2D eigenvalue weighted by Gasteiger charge is 2.14. The summed E-state index contributed by atoms with van der Waals surface area (Å²) in [5.41, 5.74) is 3.04. The first kappa shape index (κ1) is 22.5. The lowest BCUT2D eigenvalue weighted by Gasteiger charge is -2.17. The molecule has 1 aromatic heterocycles. The van der Waals surface area contributed by atoms with Crippen molar-refractivity contribution >= 4 is 67.2 Å². The Morgan fingerprint density at radius 2 is 2.00 bits per heavy atom. The third kappa shape index (κ3) is 5.88. The van der Waals surface area contributed by atoms with Crippen molar-refractivity contribution in [2.75, 3.05) is 0 Å². The number of carbonyl (C=O) groups excluding carboxylic acids is 1. The molecule has 0 aliphatic rings. The van der Waals surface area contributed by atoms with Gasteiger partial charge in [0.05, 0.1) is 26.7 Å². The summed E-state index contributed by atoms with van der Waals surface area (Å²) in [7, 11) is 0. The van der Waals surface area contributed by atoms with Gasteiger partial charge in [0, 0.05) is 0 Å². The fraction of sp³-hybridized carbons (Fsp3) is 0.111. The molecule has 0 saturated heterocycles. The van der Waals surface area contributed by atoms with Crippen molar-refractivity contribution in [1.29, 1.82) is 0 Å². The number of hydrogen-bond donors (Lipinski definition) is 2. The van der Waals surface area contributed by atoms with Crippen LogP contribution in [0, 0.1) is 0 Å². The molecule has 0 bridgehead atoms. The highest BCUT2D eigenvalue weighted by Crippen LogP contribution is 2.32. The molecule has 0 fully saturated rings. The topological polar surface area (TPSA) is 78.1 Å². The van der Waals surface area contributed by atoms with Gasteiger partial charge in [0.1, 0.15) is 16.7 Å². The predicted molar refractivity (Wildman–Crippen MR) is 117 cm³/mol. The van der Waals surface area contributed by atoms with Crippen molar-refractivity contribution in [1.82, 2.24) is 10.3 Å². The summed E-state index contributed by atoms with van der Waals surface area (Å²) in [6.45, 7) is 5.60. The molecular formula is C18H15Br2Cl2N3O3. The number of carbonyl (C=O) groups is 1. The van der Waals surface area contributed by atoms with Crippen LogP contribution in [0.15, 0.2) is 65.7 Å². The molecule has 0 aliphatic carbocycles. The molecule has 28 heavy (non-hydrogen) atoms. The second kappa shape index (κ2) is 10.2. The van der Waals surface area contributed by atoms with Crippen molar-refractivity contribution in [3.63, 3.8) is 0 Å². The summed E-state index contributed by atoms with van der Waals surface area (Å²) in [5.74, 6) is 0.153. The molecule has 0 spiro atoms. The van der Waals surface area contributed by atoms with E-state index in [9.17, 15) is 9.90 Å². The number of aromatic hydroxyl groups is 1. The fourth-order valence-corrected chi connectivity index (χ4v) is 3.50. The Balaban J connectivity index is 2.02. The van der Waals surface area contributed by atoms with Crippen molar-refractivity contribution in [2.24, 2.45) is 5.10 Å². The minimum atomic E-state index is -0.514. The zero-order valence-electron chi connectivity index (χ0n) is 14.5. The van der Waals surface area contributed by atoms with Gasteiger partial charge in [0.2, 0.25) is 0 Å². The van der Waals surface area contributed by atoms with Gasteiger partial charge in [0.25, 0.3) is 0 Å². The van der Waals surface area contributed by atoms with E-state index in [2.05, 4.69) is 49.0 Å². The molecular weight excluding hydrogens is 537 g/mol. The molecule has 1 amide bonds. The zero-order chi connectivity index (χ0) is 20.8. The van der Waals surface area contributed by atoms with Gasteiger partial charge in [-0.15, -0.1) is 0 Å². The van der Waals surface area contributed by atoms with E-state index in [1.54, 1.807) is 30.0 Å². The molecule has 2 aromatic rings. The van der Waals surface area contributed by atoms with Gasteiger partial charge in [-0.25, -0.2) is 5.43 Å². The van der Waals surface area contributed by atoms with Crippen LogP contribution in [0.25, 0.3) is 0 Å². The Morgan fingerprint density at radius 1 is 1.36 bits per heavy atom. The average molecular weight is 552 g/mol. The Morgan fingerprint density at radius 3 is 2.57 bits per heavy atom. The molecule has 0 atom stereocenters. The maximum Gasteiger partial charge on any atom is 0.307 e. The van der Waals surface area contributed by atoms with E-state index in [1.807, 2.05) is 0 Å². The van der Waals surface area contributed by atoms with E-state index in [-0.39, 0.29) is 18.1 Å². The number of rotatable bonds is 7. The van der Waals surface area contributed by atoms with E-state index < -0.39 is 5.91 Å². The SMILES string of the molecule is C=CN(Cc1ccc(C(=O)N/N=C/c2cc(Br)c(O)c(Br)c2)o1)/C(Cl)=C(\C)Cl. The van der Waals surface area contributed by atoms with E-state index in [1.165, 1.54) is 18.5 Å². The Labute approximate surface area is 188 Å². The van der Waals surface area contributed by atoms with Gasteiger partial charge in [-0.2, -0.15) is 5.10 Å². The van der Waals surface area contributed by atoms with Crippen LogP contribution in [0.5, 0.6) is 5.75 Å². The van der Waals surface area contributed by atoms with Crippen LogP contribution in [0.2, 0.25) is 0 Å². The number of phenolic OH excluding ortho intramolecular Hbond substituents is 1. The van der Waals surface area contributed by atoms with Gasteiger partial charge < -0.3 is 14.4 Å². The van der Waals surface area contributed by atoms with Crippen molar-refractivity contribution in [2.45, 2.75) is 13.5 Å². The monoisotopic (exact) mass is 549 g/mol. The van der Waals surface area contributed by atoms with Crippen LogP contribution in [-0.2, 0) is 6.54 Å².